The van der Waals surface area contributed by atoms with Gasteiger partial charge in [0.15, 0.2) is 0 Å². The Bertz CT molecular complexity index is 130. The summed E-state index contributed by atoms with van der Waals surface area (Å²) in [7, 11) is 0. The molecule has 0 aromatic rings. The average molecular weight is 326 g/mol. The molecule has 0 aromatic carbocycles. The molecule has 0 rings (SSSR count). The van der Waals surface area contributed by atoms with Crippen LogP contribution in [0.25, 0.3) is 0 Å². The zero-order valence-electron chi connectivity index (χ0n) is 9.14. The lowest BCUT2D eigenvalue weighted by molar-refractivity contribution is 0.715. The second-order valence-corrected chi connectivity index (χ2v) is 7.08. The third-order valence-corrected chi connectivity index (χ3v) is 3.10. The molecule has 0 aliphatic rings. The van der Waals surface area contributed by atoms with Crippen molar-refractivity contribution in [2.24, 2.45) is 0 Å². The van der Waals surface area contributed by atoms with Gasteiger partial charge in [-0.05, 0) is 32.1 Å². The van der Waals surface area contributed by atoms with Gasteiger partial charge in [-0.2, -0.15) is 0 Å². The molecule has 2 heteroatoms. The van der Waals surface area contributed by atoms with Gasteiger partial charge < -0.3 is 0 Å². The highest BCUT2D eigenvalue weighted by Crippen LogP contribution is 2.16. The van der Waals surface area contributed by atoms with Crippen molar-refractivity contribution in [2.75, 3.05) is 0 Å². The number of halogens is 2. The third-order valence-electron chi connectivity index (χ3n) is 2.18. The molecule has 14 heavy (non-hydrogen) atoms. The summed E-state index contributed by atoms with van der Waals surface area (Å²) in [6.07, 6.45) is 15.1. The van der Waals surface area contributed by atoms with Crippen LogP contribution in [-0.4, -0.2) is 3.74 Å². The van der Waals surface area contributed by atoms with Crippen molar-refractivity contribution in [3.05, 3.63) is 12.2 Å². The Morgan fingerprint density at radius 2 is 1.50 bits per heavy atom. The minimum absolute atomic E-state index is 0.503. The molecule has 0 atom stereocenters. The maximum Gasteiger partial charge on any atom is 0.0697 e. The maximum absolute atomic E-state index is 3.48. The summed E-state index contributed by atoms with van der Waals surface area (Å²) in [5.74, 6) is 0. The minimum Gasteiger partial charge on any atom is -0.0885 e. The summed E-state index contributed by atoms with van der Waals surface area (Å²) in [5.41, 5.74) is 0. The van der Waals surface area contributed by atoms with E-state index in [-0.39, 0.29) is 0 Å². The van der Waals surface area contributed by atoms with Crippen molar-refractivity contribution in [2.45, 2.75) is 62.0 Å². The number of unbranched alkanes of at least 4 members (excludes halogenated alkanes) is 5. The zero-order chi connectivity index (χ0) is 10.6. The molecule has 0 aliphatic carbocycles. The van der Waals surface area contributed by atoms with Crippen LogP contribution in [0.4, 0.5) is 0 Å². The monoisotopic (exact) mass is 324 g/mol. The van der Waals surface area contributed by atoms with E-state index >= 15 is 0 Å². The average Bonchev–Trinajstić information content (AvgIpc) is 2.15. The van der Waals surface area contributed by atoms with E-state index in [2.05, 4.69) is 50.9 Å². The van der Waals surface area contributed by atoms with Crippen LogP contribution in [0.5, 0.6) is 0 Å². The molecule has 0 nitrogen and oxygen atoms in total. The normalized spacial score (nSPS) is 11.7. The van der Waals surface area contributed by atoms with Crippen molar-refractivity contribution in [1.29, 1.82) is 0 Å². The standard InChI is InChI=1S/C12H22Br2/c1-2-3-4-5-6-7-8-9-10-11-12(13)14/h6-7,12H,2-5,8-11H2,1H3/b7-6+. The molecule has 0 aliphatic heterocycles. The Balaban J connectivity index is 3.03. The van der Waals surface area contributed by atoms with E-state index in [4.69, 9.17) is 0 Å². The second-order valence-electron chi connectivity index (χ2n) is 3.64. The van der Waals surface area contributed by atoms with Crippen LogP contribution in [0, 0.1) is 0 Å². The lowest BCUT2D eigenvalue weighted by Gasteiger charge is -1.98. The molecular weight excluding hydrogens is 304 g/mol. The van der Waals surface area contributed by atoms with Gasteiger partial charge in [0.25, 0.3) is 0 Å². The number of alkyl halides is 2. The van der Waals surface area contributed by atoms with Crippen LogP contribution >= 0.6 is 31.9 Å². The largest absolute Gasteiger partial charge is 0.0885 e. The SMILES string of the molecule is CCCCC/C=C/CCCCC(Br)Br. The van der Waals surface area contributed by atoms with Gasteiger partial charge in [-0.1, -0.05) is 70.2 Å². The number of hydrogen-bond acceptors (Lipinski definition) is 0. The first kappa shape index (κ1) is 14.7. The lowest BCUT2D eigenvalue weighted by atomic mass is 10.1. The van der Waals surface area contributed by atoms with E-state index in [0.29, 0.717) is 3.74 Å². The lowest BCUT2D eigenvalue weighted by Crippen LogP contribution is -1.84. The minimum atomic E-state index is 0.503. The third kappa shape index (κ3) is 12.7. The smallest absolute Gasteiger partial charge is 0.0697 e. The molecular formula is C12H22Br2. The van der Waals surface area contributed by atoms with Crippen molar-refractivity contribution >= 4 is 31.9 Å². The zero-order valence-corrected chi connectivity index (χ0v) is 12.3. The van der Waals surface area contributed by atoms with Gasteiger partial charge in [0.1, 0.15) is 0 Å². The van der Waals surface area contributed by atoms with Crippen LogP contribution in [0.15, 0.2) is 12.2 Å². The summed E-state index contributed by atoms with van der Waals surface area (Å²) in [6, 6.07) is 0. The number of hydrogen-bond donors (Lipinski definition) is 0. The fraction of sp³-hybridized carbons (Fsp3) is 0.833. The first-order valence-electron chi connectivity index (χ1n) is 5.70. The summed E-state index contributed by atoms with van der Waals surface area (Å²) < 4.78 is 0.503. The van der Waals surface area contributed by atoms with Crippen LogP contribution in [0.1, 0.15) is 58.3 Å². The van der Waals surface area contributed by atoms with E-state index in [1.54, 1.807) is 0 Å². The highest BCUT2D eigenvalue weighted by Gasteiger charge is 1.95. The highest BCUT2D eigenvalue weighted by atomic mass is 79.9. The van der Waals surface area contributed by atoms with Gasteiger partial charge >= 0.3 is 0 Å². The summed E-state index contributed by atoms with van der Waals surface area (Å²) in [4.78, 5) is 0. The molecule has 84 valence electrons. The topological polar surface area (TPSA) is 0 Å². The van der Waals surface area contributed by atoms with Crippen molar-refractivity contribution < 1.29 is 0 Å². The molecule has 0 aromatic heterocycles. The maximum atomic E-state index is 3.48. The molecule has 0 radical (unpaired) electrons. The van der Waals surface area contributed by atoms with E-state index in [0.717, 1.165) is 0 Å². The van der Waals surface area contributed by atoms with Gasteiger partial charge in [0.05, 0.1) is 3.74 Å². The number of rotatable bonds is 9. The molecule has 0 saturated heterocycles. The van der Waals surface area contributed by atoms with E-state index in [1.807, 2.05) is 0 Å². The Morgan fingerprint density at radius 3 is 2.00 bits per heavy atom. The van der Waals surface area contributed by atoms with Crippen LogP contribution in [0.2, 0.25) is 0 Å². The molecule has 0 amide bonds. The highest BCUT2D eigenvalue weighted by molar-refractivity contribution is 9.24. The molecule has 0 saturated carbocycles. The van der Waals surface area contributed by atoms with Crippen LogP contribution in [0.3, 0.4) is 0 Å². The Hall–Kier alpha value is 0.700. The van der Waals surface area contributed by atoms with E-state index < -0.39 is 0 Å². The molecule has 0 fully saturated rings. The summed E-state index contributed by atoms with van der Waals surface area (Å²) >= 11 is 6.97. The van der Waals surface area contributed by atoms with Gasteiger partial charge in [-0.15, -0.1) is 0 Å². The first-order valence-corrected chi connectivity index (χ1v) is 7.53. The van der Waals surface area contributed by atoms with Gasteiger partial charge in [0.2, 0.25) is 0 Å². The second kappa shape index (κ2) is 11.8. The van der Waals surface area contributed by atoms with Crippen molar-refractivity contribution in [1.82, 2.24) is 0 Å². The van der Waals surface area contributed by atoms with Gasteiger partial charge in [0, 0.05) is 0 Å². The molecule has 0 bridgehead atoms. The molecule has 0 spiro atoms. The van der Waals surface area contributed by atoms with E-state index in [1.165, 1.54) is 51.4 Å². The predicted molar refractivity (Wildman–Crippen MR) is 73.4 cm³/mol. The van der Waals surface area contributed by atoms with E-state index in [9.17, 15) is 0 Å². The number of allylic oxidation sites excluding steroid dienone is 2. The summed E-state index contributed by atoms with van der Waals surface area (Å²) in [6.45, 7) is 2.25. The molecule has 0 heterocycles. The van der Waals surface area contributed by atoms with Gasteiger partial charge in [-0.3, -0.25) is 0 Å². The predicted octanol–water partition coefficient (Wildman–Crippen LogP) is 5.80. The first-order chi connectivity index (χ1) is 6.77. The Labute approximate surface area is 106 Å². The Kier molecular flexibility index (Phi) is 12.4. The quantitative estimate of drug-likeness (QED) is 0.285. The van der Waals surface area contributed by atoms with Crippen molar-refractivity contribution in [3.8, 4) is 0 Å². The van der Waals surface area contributed by atoms with Crippen LogP contribution < -0.4 is 0 Å². The fourth-order valence-corrected chi connectivity index (χ4v) is 1.96. The van der Waals surface area contributed by atoms with Crippen molar-refractivity contribution in [3.63, 3.8) is 0 Å². The van der Waals surface area contributed by atoms with Gasteiger partial charge in [-0.25, -0.2) is 0 Å². The fourth-order valence-electron chi connectivity index (χ4n) is 1.31. The summed E-state index contributed by atoms with van der Waals surface area (Å²) in [5, 5.41) is 0. The Morgan fingerprint density at radius 1 is 0.929 bits per heavy atom. The molecule has 0 N–H and O–H groups in total. The van der Waals surface area contributed by atoms with Crippen LogP contribution in [-0.2, 0) is 0 Å². The molecule has 0 unspecified atom stereocenters.